The quantitative estimate of drug-likeness (QED) is 0.309. The molecule has 6 rings (SSSR count). The van der Waals surface area contributed by atoms with Crippen LogP contribution in [0.1, 0.15) is 35.6 Å². The Kier molecular flexibility index (Phi) is 8.09. The number of nitrogens with zero attached hydrogens (tertiary/aromatic N) is 5. The molecule has 1 unspecified atom stereocenters. The van der Waals surface area contributed by atoms with Crippen molar-refractivity contribution >= 4 is 45.7 Å². The first-order valence-corrected chi connectivity index (χ1v) is 14.6. The van der Waals surface area contributed by atoms with Gasteiger partial charge in [-0.1, -0.05) is 41.9 Å². The zero-order chi connectivity index (χ0) is 29.9. The van der Waals surface area contributed by atoms with Crippen molar-refractivity contribution in [3.05, 3.63) is 99.1 Å². The maximum Gasteiger partial charge on any atom is 0.264 e. The van der Waals surface area contributed by atoms with E-state index in [0.717, 1.165) is 44.0 Å². The molecule has 43 heavy (non-hydrogen) atoms. The van der Waals surface area contributed by atoms with E-state index in [0.29, 0.717) is 33.7 Å². The molecule has 2 N–H and O–H groups in total. The van der Waals surface area contributed by atoms with Gasteiger partial charge < -0.3 is 10.2 Å². The number of rotatable bonds is 7. The number of fused-ring (bicyclic) bond motifs is 1. The van der Waals surface area contributed by atoms with Crippen molar-refractivity contribution < 1.29 is 9.59 Å². The SMILES string of the molecule is N#Cc1ccc(N2CCN(Cc3ccc(CNc4cccc5ncn(C6CCC(=O)NC6=O)c(=O)c45)cc3)CC2)c(Cl)c1. The first kappa shape index (κ1) is 28.4. The highest BCUT2D eigenvalue weighted by atomic mass is 35.5. The molecule has 2 saturated heterocycles. The van der Waals surface area contributed by atoms with Crippen LogP contribution >= 0.6 is 11.6 Å². The Morgan fingerprint density at radius 1 is 1.00 bits per heavy atom. The molecule has 2 fully saturated rings. The Morgan fingerprint density at radius 2 is 1.77 bits per heavy atom. The number of nitriles is 1. The van der Waals surface area contributed by atoms with Gasteiger partial charge in [0.2, 0.25) is 11.8 Å². The number of halogens is 1. The number of imide groups is 1. The van der Waals surface area contributed by atoms with Crippen molar-refractivity contribution in [1.29, 1.82) is 5.26 Å². The maximum atomic E-state index is 13.5. The Labute approximate surface area is 253 Å². The molecule has 1 aromatic heterocycles. The molecule has 0 saturated carbocycles. The monoisotopic (exact) mass is 595 g/mol. The number of benzene rings is 3. The van der Waals surface area contributed by atoms with Crippen LogP contribution in [0.5, 0.6) is 0 Å². The van der Waals surface area contributed by atoms with Crippen molar-refractivity contribution in [2.75, 3.05) is 36.4 Å². The fourth-order valence-corrected chi connectivity index (χ4v) is 5.99. The first-order valence-electron chi connectivity index (χ1n) is 14.2. The minimum absolute atomic E-state index is 0.181. The van der Waals surface area contributed by atoms with Gasteiger partial charge in [-0.3, -0.25) is 29.2 Å². The number of carbonyl (C=O) groups excluding carboxylic acids is 2. The number of piperidine rings is 1. The van der Waals surface area contributed by atoms with Crippen LogP contribution in [-0.4, -0.2) is 52.4 Å². The van der Waals surface area contributed by atoms with Gasteiger partial charge in [-0.2, -0.15) is 5.26 Å². The van der Waals surface area contributed by atoms with Crippen LogP contribution in [0.3, 0.4) is 0 Å². The highest BCUT2D eigenvalue weighted by Crippen LogP contribution is 2.28. The van der Waals surface area contributed by atoms with E-state index in [1.807, 2.05) is 18.2 Å². The summed E-state index contributed by atoms with van der Waals surface area (Å²) in [5.74, 6) is -0.813. The molecule has 3 aromatic carbocycles. The Morgan fingerprint density at radius 3 is 2.49 bits per heavy atom. The molecule has 2 aliphatic heterocycles. The van der Waals surface area contributed by atoms with Crippen LogP contribution < -0.4 is 21.1 Å². The van der Waals surface area contributed by atoms with Gasteiger partial charge in [0.05, 0.1) is 39.6 Å². The van der Waals surface area contributed by atoms with E-state index in [-0.39, 0.29) is 24.3 Å². The molecule has 4 aromatic rings. The predicted molar refractivity (Wildman–Crippen MR) is 165 cm³/mol. The van der Waals surface area contributed by atoms with Gasteiger partial charge in [-0.25, -0.2) is 4.98 Å². The summed E-state index contributed by atoms with van der Waals surface area (Å²) < 4.78 is 1.32. The van der Waals surface area contributed by atoms with E-state index in [1.54, 1.807) is 18.2 Å². The van der Waals surface area contributed by atoms with E-state index < -0.39 is 11.9 Å². The van der Waals surface area contributed by atoms with Crippen molar-refractivity contribution in [3.63, 3.8) is 0 Å². The molecule has 3 heterocycles. The molecule has 2 amide bonds. The molecule has 10 nitrogen and oxygen atoms in total. The summed E-state index contributed by atoms with van der Waals surface area (Å²) >= 11 is 6.42. The molecule has 0 radical (unpaired) electrons. The topological polar surface area (TPSA) is 123 Å². The van der Waals surface area contributed by atoms with Crippen LogP contribution in [0.2, 0.25) is 5.02 Å². The molecule has 2 aliphatic rings. The number of hydrogen-bond acceptors (Lipinski definition) is 8. The van der Waals surface area contributed by atoms with Crippen molar-refractivity contribution in [2.45, 2.75) is 32.0 Å². The number of nitrogens with one attached hydrogen (secondary N) is 2. The molecule has 218 valence electrons. The number of carbonyl (C=O) groups is 2. The van der Waals surface area contributed by atoms with E-state index in [1.165, 1.54) is 16.5 Å². The number of piperazine rings is 1. The zero-order valence-electron chi connectivity index (χ0n) is 23.4. The average molecular weight is 596 g/mol. The van der Waals surface area contributed by atoms with Crippen LogP contribution in [-0.2, 0) is 22.7 Å². The van der Waals surface area contributed by atoms with Gasteiger partial charge in [0, 0.05) is 51.4 Å². The number of aromatic nitrogens is 2. The highest BCUT2D eigenvalue weighted by molar-refractivity contribution is 6.33. The van der Waals surface area contributed by atoms with Crippen molar-refractivity contribution in [2.24, 2.45) is 0 Å². The van der Waals surface area contributed by atoms with Gasteiger partial charge in [-0.15, -0.1) is 0 Å². The fraction of sp³-hybridized carbons (Fsp3) is 0.281. The van der Waals surface area contributed by atoms with Crippen molar-refractivity contribution in [1.82, 2.24) is 19.8 Å². The second-order valence-electron chi connectivity index (χ2n) is 10.8. The lowest BCUT2D eigenvalue weighted by Gasteiger charge is -2.36. The number of amides is 2. The third kappa shape index (κ3) is 6.09. The number of hydrogen-bond donors (Lipinski definition) is 2. The summed E-state index contributed by atoms with van der Waals surface area (Å²) in [6.45, 7) is 4.89. The third-order valence-corrected chi connectivity index (χ3v) is 8.36. The second kappa shape index (κ2) is 12.3. The zero-order valence-corrected chi connectivity index (χ0v) is 24.2. The van der Waals surface area contributed by atoms with Crippen LogP contribution in [0.25, 0.3) is 10.9 Å². The van der Waals surface area contributed by atoms with Gasteiger partial charge in [0.15, 0.2) is 0 Å². The van der Waals surface area contributed by atoms with Crippen molar-refractivity contribution in [3.8, 4) is 6.07 Å². The minimum atomic E-state index is -0.764. The molecule has 0 bridgehead atoms. The van der Waals surface area contributed by atoms with E-state index >= 15 is 0 Å². The van der Waals surface area contributed by atoms with Crippen LogP contribution in [0.4, 0.5) is 11.4 Å². The number of anilines is 2. The molecular formula is C32H30ClN7O3. The van der Waals surface area contributed by atoms with Crippen LogP contribution in [0.15, 0.2) is 71.8 Å². The first-order chi connectivity index (χ1) is 20.9. The average Bonchev–Trinajstić information content (AvgIpc) is 3.02. The standard InChI is InChI=1S/C32H30ClN7O3/c33-24-16-23(17-34)8-9-27(24)39-14-12-38(13-15-39)19-22-6-4-21(5-7-22)18-35-25-2-1-3-26-30(25)32(43)40(20-36-26)28-10-11-29(41)37-31(28)42/h1-9,16,20,28,35H,10-15,18-19H2,(H,37,41,42). The van der Waals surface area contributed by atoms with E-state index in [9.17, 15) is 14.4 Å². The summed E-state index contributed by atoms with van der Waals surface area (Å²) in [5, 5.41) is 15.8. The van der Waals surface area contributed by atoms with Crippen LogP contribution in [0, 0.1) is 11.3 Å². The minimum Gasteiger partial charge on any atom is -0.380 e. The summed E-state index contributed by atoms with van der Waals surface area (Å²) in [7, 11) is 0. The molecule has 1 atom stereocenters. The summed E-state index contributed by atoms with van der Waals surface area (Å²) in [6, 6.07) is 20.7. The highest BCUT2D eigenvalue weighted by Gasteiger charge is 2.29. The molecule has 11 heteroatoms. The third-order valence-electron chi connectivity index (χ3n) is 8.06. The van der Waals surface area contributed by atoms with Gasteiger partial charge in [0.1, 0.15) is 6.04 Å². The second-order valence-corrected chi connectivity index (χ2v) is 11.2. The lowest BCUT2D eigenvalue weighted by Crippen LogP contribution is -2.46. The largest absolute Gasteiger partial charge is 0.380 e. The summed E-state index contributed by atoms with van der Waals surface area (Å²) in [4.78, 5) is 46.5. The smallest absolute Gasteiger partial charge is 0.264 e. The summed E-state index contributed by atoms with van der Waals surface area (Å²) in [6.07, 6.45) is 1.83. The lowest BCUT2D eigenvalue weighted by molar-refractivity contribution is -0.135. The van der Waals surface area contributed by atoms with E-state index in [4.69, 9.17) is 16.9 Å². The Hall–Kier alpha value is -4.72. The fourth-order valence-electron chi connectivity index (χ4n) is 5.69. The van der Waals surface area contributed by atoms with Gasteiger partial charge in [-0.05, 0) is 47.9 Å². The Bertz CT molecular complexity index is 1790. The normalized spacial score (nSPS) is 17.5. The predicted octanol–water partition coefficient (Wildman–Crippen LogP) is 3.83. The Balaban J connectivity index is 1.08. The molecule has 0 aliphatic carbocycles. The maximum absolute atomic E-state index is 13.5. The van der Waals surface area contributed by atoms with E-state index in [2.05, 4.69) is 55.8 Å². The summed E-state index contributed by atoms with van der Waals surface area (Å²) in [5.41, 5.74) is 4.67. The van der Waals surface area contributed by atoms with Gasteiger partial charge in [0.25, 0.3) is 5.56 Å². The molecule has 0 spiro atoms. The van der Waals surface area contributed by atoms with Gasteiger partial charge >= 0.3 is 0 Å². The molecular weight excluding hydrogens is 566 g/mol. The lowest BCUT2D eigenvalue weighted by atomic mass is 10.1.